The maximum Gasteiger partial charge on any atom is 0.404 e. The van der Waals surface area contributed by atoms with Gasteiger partial charge in [0.15, 0.2) is 0 Å². The summed E-state index contributed by atoms with van der Waals surface area (Å²) in [6.45, 7) is 3.81. The maximum atomic E-state index is 13.3. The second kappa shape index (κ2) is 10.4. The first-order valence-corrected chi connectivity index (χ1v) is 13.8. The molecule has 10 heteroatoms. The summed E-state index contributed by atoms with van der Waals surface area (Å²) < 4.78 is 2.13. The van der Waals surface area contributed by atoms with E-state index in [2.05, 4.69) is 20.6 Å². The third kappa shape index (κ3) is 4.84. The van der Waals surface area contributed by atoms with Gasteiger partial charge in [-0.25, -0.2) is 4.79 Å². The summed E-state index contributed by atoms with van der Waals surface area (Å²) in [6, 6.07) is 7.94. The number of anilines is 1. The van der Waals surface area contributed by atoms with Gasteiger partial charge in [0.25, 0.3) is 5.91 Å². The zero-order valence-electron chi connectivity index (χ0n) is 20.4. The van der Waals surface area contributed by atoms with Crippen LogP contribution in [-0.4, -0.2) is 46.5 Å². The Hall–Kier alpha value is -2.62. The highest BCUT2D eigenvalue weighted by atomic mass is 35.5. The molecule has 2 fully saturated rings. The highest BCUT2D eigenvalue weighted by Crippen LogP contribution is 2.41. The molecule has 36 heavy (non-hydrogen) atoms. The Morgan fingerprint density at radius 1 is 1.25 bits per heavy atom. The molecular weight excluding hydrogens is 498 g/mol. The van der Waals surface area contributed by atoms with Crippen molar-refractivity contribution < 1.29 is 14.7 Å². The SMILES string of the molecule is Cc1nn(C2CCCCC2)c2sc(C(=O)Nc3cccc(C4(CNC(=O)O)CCNCC4)c3Cl)cc12. The van der Waals surface area contributed by atoms with E-state index in [1.165, 1.54) is 30.6 Å². The van der Waals surface area contributed by atoms with E-state index in [0.717, 1.165) is 60.2 Å². The molecule has 8 nitrogen and oxygen atoms in total. The van der Waals surface area contributed by atoms with Crippen LogP contribution in [0.25, 0.3) is 10.2 Å². The summed E-state index contributed by atoms with van der Waals surface area (Å²) in [6.07, 6.45) is 6.42. The Labute approximate surface area is 219 Å². The molecule has 3 aromatic rings. The van der Waals surface area contributed by atoms with Crippen LogP contribution in [0, 0.1) is 6.92 Å². The van der Waals surface area contributed by atoms with E-state index < -0.39 is 11.5 Å². The van der Waals surface area contributed by atoms with Crippen molar-refractivity contribution in [1.29, 1.82) is 0 Å². The predicted molar refractivity (Wildman–Crippen MR) is 144 cm³/mol. The summed E-state index contributed by atoms with van der Waals surface area (Å²) in [4.78, 5) is 26.3. The standard InChI is InChI=1S/C26H32ClN5O3S/c1-16-18-14-21(36-24(18)32(31-16)17-6-3-2-4-7-17)23(33)30-20-9-5-8-19(22(20)27)26(15-29-25(34)35)10-12-28-13-11-26/h5,8-9,14,17,28-29H,2-4,6-7,10-13,15H2,1H3,(H,30,33)(H,34,35). The molecule has 0 spiro atoms. The van der Waals surface area contributed by atoms with Crippen LogP contribution in [0.5, 0.6) is 0 Å². The van der Waals surface area contributed by atoms with Crippen LogP contribution < -0.4 is 16.0 Å². The number of thiophene rings is 1. The smallest absolute Gasteiger partial charge is 0.404 e. The number of carbonyl (C=O) groups is 2. The van der Waals surface area contributed by atoms with E-state index in [4.69, 9.17) is 16.7 Å². The molecule has 0 unspecified atom stereocenters. The van der Waals surface area contributed by atoms with Crippen molar-refractivity contribution in [2.24, 2.45) is 0 Å². The quantitative estimate of drug-likeness (QED) is 0.327. The maximum absolute atomic E-state index is 13.3. The molecule has 192 valence electrons. The van der Waals surface area contributed by atoms with Crippen molar-refractivity contribution in [1.82, 2.24) is 20.4 Å². The van der Waals surface area contributed by atoms with E-state index in [-0.39, 0.29) is 12.5 Å². The van der Waals surface area contributed by atoms with Crippen molar-refractivity contribution in [2.75, 3.05) is 25.0 Å². The highest BCUT2D eigenvalue weighted by Gasteiger charge is 2.36. The van der Waals surface area contributed by atoms with E-state index in [1.54, 1.807) is 6.07 Å². The number of benzene rings is 1. The Kier molecular flexibility index (Phi) is 7.23. The van der Waals surface area contributed by atoms with Gasteiger partial charge >= 0.3 is 6.09 Å². The minimum absolute atomic E-state index is 0.201. The van der Waals surface area contributed by atoms with Gasteiger partial charge in [0.05, 0.1) is 27.3 Å². The third-order valence-corrected chi connectivity index (χ3v) is 9.20. The molecule has 1 aliphatic carbocycles. The average molecular weight is 530 g/mol. The molecule has 1 aromatic carbocycles. The molecule has 2 amide bonds. The summed E-state index contributed by atoms with van der Waals surface area (Å²) in [5.74, 6) is -0.201. The van der Waals surface area contributed by atoms with Crippen LogP contribution in [0.4, 0.5) is 10.5 Å². The number of rotatable bonds is 6. The van der Waals surface area contributed by atoms with E-state index >= 15 is 0 Å². The fourth-order valence-corrected chi connectivity index (χ4v) is 7.17. The average Bonchev–Trinajstić information content (AvgIpc) is 3.46. The lowest BCUT2D eigenvalue weighted by molar-refractivity contribution is 0.103. The summed E-state index contributed by atoms with van der Waals surface area (Å²) in [5.41, 5.74) is 1.91. The van der Waals surface area contributed by atoms with Gasteiger partial charge in [-0.15, -0.1) is 11.3 Å². The monoisotopic (exact) mass is 529 g/mol. The molecular formula is C26H32ClN5O3S. The highest BCUT2D eigenvalue weighted by molar-refractivity contribution is 7.20. The number of piperidine rings is 1. The Morgan fingerprint density at radius 3 is 2.72 bits per heavy atom. The first-order valence-electron chi connectivity index (χ1n) is 12.6. The zero-order valence-corrected chi connectivity index (χ0v) is 22.0. The number of amides is 2. The van der Waals surface area contributed by atoms with Gasteiger partial charge in [-0.3, -0.25) is 9.48 Å². The van der Waals surface area contributed by atoms with Gasteiger partial charge in [-0.05, 0) is 63.4 Å². The van der Waals surface area contributed by atoms with Crippen LogP contribution >= 0.6 is 22.9 Å². The third-order valence-electron chi connectivity index (χ3n) is 7.67. The lowest BCUT2D eigenvalue weighted by Crippen LogP contribution is -2.47. The number of nitrogens with zero attached hydrogens (tertiary/aromatic N) is 2. The van der Waals surface area contributed by atoms with Gasteiger partial charge < -0.3 is 21.1 Å². The number of nitrogens with one attached hydrogen (secondary N) is 3. The van der Waals surface area contributed by atoms with Crippen molar-refractivity contribution in [3.8, 4) is 0 Å². The molecule has 1 saturated heterocycles. The molecule has 5 rings (SSSR count). The van der Waals surface area contributed by atoms with Crippen LogP contribution in [0.2, 0.25) is 5.02 Å². The Balaban J connectivity index is 1.41. The summed E-state index contributed by atoms with van der Waals surface area (Å²) >= 11 is 8.34. The Bertz CT molecular complexity index is 1270. The van der Waals surface area contributed by atoms with Crippen LogP contribution in [-0.2, 0) is 5.41 Å². The minimum atomic E-state index is -1.06. The summed E-state index contributed by atoms with van der Waals surface area (Å²) in [7, 11) is 0. The van der Waals surface area contributed by atoms with Crippen molar-refractivity contribution >= 4 is 50.8 Å². The topological polar surface area (TPSA) is 108 Å². The largest absolute Gasteiger partial charge is 0.465 e. The van der Waals surface area contributed by atoms with Gasteiger partial charge in [-0.2, -0.15) is 5.10 Å². The molecule has 1 aliphatic heterocycles. The molecule has 2 aliphatic rings. The Morgan fingerprint density at radius 2 is 2.00 bits per heavy atom. The van der Waals surface area contributed by atoms with Crippen molar-refractivity contribution in [3.63, 3.8) is 0 Å². The van der Waals surface area contributed by atoms with Crippen LogP contribution in [0.15, 0.2) is 24.3 Å². The molecule has 3 heterocycles. The number of carbonyl (C=O) groups excluding carboxylic acids is 1. The number of carboxylic acid groups (broad SMARTS) is 1. The number of aryl methyl sites for hydroxylation is 1. The van der Waals surface area contributed by atoms with Gasteiger partial charge in [-0.1, -0.05) is 43.0 Å². The van der Waals surface area contributed by atoms with Crippen molar-refractivity contribution in [3.05, 3.63) is 45.4 Å². The first-order chi connectivity index (χ1) is 17.4. The number of hydrogen-bond donors (Lipinski definition) is 4. The number of aromatic nitrogens is 2. The molecule has 2 aromatic heterocycles. The van der Waals surface area contributed by atoms with Crippen molar-refractivity contribution in [2.45, 2.75) is 63.3 Å². The molecule has 4 N–H and O–H groups in total. The molecule has 0 atom stereocenters. The first kappa shape index (κ1) is 25.0. The molecule has 0 bridgehead atoms. The molecule has 0 radical (unpaired) electrons. The number of hydrogen-bond acceptors (Lipinski definition) is 5. The van der Waals surface area contributed by atoms with Crippen LogP contribution in [0.3, 0.4) is 0 Å². The predicted octanol–water partition coefficient (Wildman–Crippen LogP) is 5.71. The number of halogens is 1. The zero-order chi connectivity index (χ0) is 25.3. The van der Waals surface area contributed by atoms with Gasteiger partial charge in [0.1, 0.15) is 4.83 Å². The molecule has 1 saturated carbocycles. The second-order valence-electron chi connectivity index (χ2n) is 9.96. The van der Waals surface area contributed by atoms with E-state index in [9.17, 15) is 14.7 Å². The van der Waals surface area contributed by atoms with Gasteiger partial charge in [0.2, 0.25) is 0 Å². The summed E-state index contributed by atoms with van der Waals surface area (Å²) in [5, 5.41) is 24.4. The van der Waals surface area contributed by atoms with E-state index in [1.807, 2.05) is 25.1 Å². The van der Waals surface area contributed by atoms with Crippen LogP contribution in [0.1, 0.15) is 71.9 Å². The second-order valence-corrected chi connectivity index (χ2v) is 11.4. The van der Waals surface area contributed by atoms with Gasteiger partial charge in [0, 0.05) is 17.3 Å². The lowest BCUT2D eigenvalue weighted by Gasteiger charge is -2.39. The fraction of sp³-hybridized carbons (Fsp3) is 0.500. The minimum Gasteiger partial charge on any atom is -0.465 e. The lowest BCUT2D eigenvalue weighted by atomic mass is 9.73. The normalized spacial score (nSPS) is 18.3. The fourth-order valence-electron chi connectivity index (χ4n) is 5.67. The number of fused-ring (bicyclic) bond motifs is 1. The van der Waals surface area contributed by atoms with E-state index in [0.29, 0.717) is 21.6 Å².